The molecule has 0 N–H and O–H groups in total. The predicted octanol–water partition coefficient (Wildman–Crippen LogP) is 7.27. The number of hydrogen-bond acceptors (Lipinski definition) is 3. The molecule has 0 aliphatic carbocycles. The molecule has 0 bridgehead atoms. The van der Waals surface area contributed by atoms with Gasteiger partial charge in [-0.15, -0.1) is 0 Å². The molecule has 174 valence electrons. The molecule has 0 heterocycles. The van der Waals surface area contributed by atoms with Gasteiger partial charge in [0.05, 0.1) is 6.61 Å². The number of likely N-dealkylation sites (N-methyl/N-ethyl adjacent to an activating group) is 1. The topological polar surface area (TPSA) is 32.8 Å². The van der Waals surface area contributed by atoms with Gasteiger partial charge in [-0.3, -0.25) is 0 Å². The Hall–Kier alpha value is -0.770. The van der Waals surface area contributed by atoms with Crippen LogP contribution < -0.4 is 0 Å². The van der Waals surface area contributed by atoms with Gasteiger partial charge in [0.15, 0.2) is 0 Å². The summed E-state index contributed by atoms with van der Waals surface area (Å²) in [5.74, 6) is 0. The van der Waals surface area contributed by atoms with Crippen molar-refractivity contribution in [3.05, 3.63) is 0 Å². The molecule has 1 amide bonds. The zero-order valence-corrected chi connectivity index (χ0v) is 20.4. The first kappa shape index (κ1) is 28.2. The normalized spacial score (nSPS) is 11.2. The lowest BCUT2D eigenvalue weighted by atomic mass is 10.0. The molecule has 4 nitrogen and oxygen atoms in total. The van der Waals surface area contributed by atoms with E-state index in [-0.39, 0.29) is 6.09 Å². The number of amides is 1. The van der Waals surface area contributed by atoms with E-state index in [0.717, 1.165) is 39.1 Å². The van der Waals surface area contributed by atoms with Crippen LogP contribution in [0.4, 0.5) is 4.79 Å². The third kappa shape index (κ3) is 17.8. The summed E-state index contributed by atoms with van der Waals surface area (Å²) in [6, 6.07) is 0. The lowest BCUT2D eigenvalue weighted by Gasteiger charge is -2.25. The maximum atomic E-state index is 12.2. The first-order valence-corrected chi connectivity index (χ1v) is 12.8. The van der Waals surface area contributed by atoms with E-state index in [4.69, 9.17) is 4.74 Å². The molecule has 0 aromatic heterocycles. The number of rotatable bonds is 21. The minimum absolute atomic E-state index is 0.144. The van der Waals surface area contributed by atoms with E-state index < -0.39 is 0 Å². The molecule has 0 saturated carbocycles. The van der Waals surface area contributed by atoms with Crippen LogP contribution in [0.15, 0.2) is 0 Å². The lowest BCUT2D eigenvalue weighted by molar-refractivity contribution is 0.101. The summed E-state index contributed by atoms with van der Waals surface area (Å²) in [6.45, 7) is 13.6. The summed E-state index contributed by atoms with van der Waals surface area (Å²) < 4.78 is 5.24. The van der Waals surface area contributed by atoms with E-state index in [1.54, 1.807) is 0 Å². The summed E-state index contributed by atoms with van der Waals surface area (Å²) in [6.07, 6.45) is 18.9. The van der Waals surface area contributed by atoms with E-state index >= 15 is 0 Å². The number of carbonyl (C=O) groups excluding carboxylic acids is 1. The van der Waals surface area contributed by atoms with Gasteiger partial charge in [0.2, 0.25) is 0 Å². The van der Waals surface area contributed by atoms with Gasteiger partial charge in [-0.05, 0) is 26.4 Å². The smallest absolute Gasteiger partial charge is 0.409 e. The summed E-state index contributed by atoms with van der Waals surface area (Å²) in [4.78, 5) is 16.4. The summed E-state index contributed by atoms with van der Waals surface area (Å²) in [5, 5.41) is 0. The van der Waals surface area contributed by atoms with Gasteiger partial charge >= 0.3 is 6.09 Å². The van der Waals surface area contributed by atoms with Crippen molar-refractivity contribution in [3.63, 3.8) is 0 Å². The van der Waals surface area contributed by atoms with Gasteiger partial charge in [0, 0.05) is 19.6 Å². The van der Waals surface area contributed by atoms with Crippen LogP contribution in [0.1, 0.15) is 118 Å². The van der Waals surface area contributed by atoms with Crippen LogP contribution in [-0.4, -0.2) is 55.2 Å². The Balaban J connectivity index is 3.67. The van der Waals surface area contributed by atoms with Crippen LogP contribution in [0, 0.1) is 0 Å². The lowest BCUT2D eigenvalue weighted by Crippen LogP contribution is -2.39. The fourth-order valence-electron chi connectivity index (χ4n) is 3.81. The van der Waals surface area contributed by atoms with Crippen LogP contribution in [0.2, 0.25) is 0 Å². The molecule has 0 unspecified atom stereocenters. The van der Waals surface area contributed by atoms with Crippen molar-refractivity contribution in [1.82, 2.24) is 9.80 Å². The van der Waals surface area contributed by atoms with E-state index in [1.165, 1.54) is 83.5 Å². The van der Waals surface area contributed by atoms with Crippen LogP contribution in [-0.2, 0) is 4.74 Å². The van der Waals surface area contributed by atoms with E-state index in [2.05, 4.69) is 25.7 Å². The van der Waals surface area contributed by atoms with Gasteiger partial charge in [0.1, 0.15) is 0 Å². The minimum Gasteiger partial charge on any atom is -0.450 e. The number of nitrogens with zero attached hydrogens (tertiary/aromatic N) is 2. The van der Waals surface area contributed by atoms with Crippen molar-refractivity contribution >= 4 is 6.09 Å². The van der Waals surface area contributed by atoms with Crippen molar-refractivity contribution < 1.29 is 9.53 Å². The van der Waals surface area contributed by atoms with Crippen molar-refractivity contribution in [3.8, 4) is 0 Å². The summed E-state index contributed by atoms with van der Waals surface area (Å²) >= 11 is 0. The van der Waals surface area contributed by atoms with Gasteiger partial charge < -0.3 is 14.5 Å². The molecule has 0 aliphatic heterocycles. The monoisotopic (exact) mass is 412 g/mol. The second-order valence-electron chi connectivity index (χ2n) is 8.31. The fourth-order valence-corrected chi connectivity index (χ4v) is 3.81. The Bertz CT molecular complexity index is 346. The second-order valence-corrected chi connectivity index (χ2v) is 8.31. The quantitative estimate of drug-likeness (QED) is 0.186. The maximum Gasteiger partial charge on any atom is 0.409 e. The molecule has 0 aromatic carbocycles. The largest absolute Gasteiger partial charge is 0.450 e. The van der Waals surface area contributed by atoms with Crippen molar-refractivity contribution in [2.45, 2.75) is 118 Å². The highest BCUT2D eigenvalue weighted by Crippen LogP contribution is 2.13. The third-order valence-electron chi connectivity index (χ3n) is 5.89. The molecule has 4 heteroatoms. The van der Waals surface area contributed by atoms with Crippen LogP contribution >= 0.6 is 0 Å². The van der Waals surface area contributed by atoms with E-state index in [1.807, 2.05) is 11.8 Å². The molecular formula is C25H52N2O2. The molecular weight excluding hydrogens is 360 g/mol. The van der Waals surface area contributed by atoms with Gasteiger partial charge in [-0.25, -0.2) is 4.79 Å². The van der Waals surface area contributed by atoms with Crippen molar-refractivity contribution in [2.75, 3.05) is 39.3 Å². The van der Waals surface area contributed by atoms with E-state index in [0.29, 0.717) is 6.61 Å². The SMILES string of the molecule is CCCCCCCCCCCCCCCCN(CCN(CC)CC)C(=O)OCC. The highest BCUT2D eigenvalue weighted by molar-refractivity contribution is 5.67. The number of hydrogen-bond donors (Lipinski definition) is 0. The van der Waals surface area contributed by atoms with Crippen LogP contribution in [0.5, 0.6) is 0 Å². The number of carbonyl (C=O) groups is 1. The fraction of sp³-hybridized carbons (Fsp3) is 0.960. The first-order chi connectivity index (χ1) is 14.2. The Morgan fingerprint density at radius 1 is 0.586 bits per heavy atom. The van der Waals surface area contributed by atoms with E-state index in [9.17, 15) is 4.79 Å². The molecule has 0 aliphatic rings. The molecule has 0 aromatic rings. The van der Waals surface area contributed by atoms with Gasteiger partial charge in [0.25, 0.3) is 0 Å². The summed E-state index contributed by atoms with van der Waals surface area (Å²) in [5.41, 5.74) is 0. The highest BCUT2D eigenvalue weighted by Gasteiger charge is 2.14. The first-order valence-electron chi connectivity index (χ1n) is 12.8. The zero-order valence-electron chi connectivity index (χ0n) is 20.4. The predicted molar refractivity (Wildman–Crippen MR) is 127 cm³/mol. The van der Waals surface area contributed by atoms with Crippen molar-refractivity contribution in [1.29, 1.82) is 0 Å². The molecule has 0 spiro atoms. The second kappa shape index (κ2) is 21.9. The average molecular weight is 413 g/mol. The van der Waals surface area contributed by atoms with Crippen molar-refractivity contribution in [2.24, 2.45) is 0 Å². The maximum absolute atomic E-state index is 12.2. The Morgan fingerprint density at radius 2 is 1.03 bits per heavy atom. The molecule has 0 rings (SSSR count). The Morgan fingerprint density at radius 3 is 1.45 bits per heavy atom. The zero-order chi connectivity index (χ0) is 21.6. The van der Waals surface area contributed by atoms with Gasteiger partial charge in [-0.2, -0.15) is 0 Å². The molecule has 0 fully saturated rings. The minimum atomic E-state index is -0.144. The average Bonchev–Trinajstić information content (AvgIpc) is 2.73. The standard InChI is InChI=1S/C25H52N2O2/c1-5-9-10-11-12-13-14-15-16-17-18-19-20-21-22-27(25(28)29-8-4)24-23-26(6-2)7-3/h5-24H2,1-4H3. The number of unbranched alkanes of at least 4 members (excludes halogenated alkanes) is 13. The summed E-state index contributed by atoms with van der Waals surface area (Å²) in [7, 11) is 0. The molecule has 0 saturated heterocycles. The van der Waals surface area contributed by atoms with Crippen LogP contribution in [0.25, 0.3) is 0 Å². The molecule has 0 radical (unpaired) electrons. The third-order valence-corrected chi connectivity index (χ3v) is 5.89. The molecule has 29 heavy (non-hydrogen) atoms. The Kier molecular flexibility index (Phi) is 21.3. The highest BCUT2D eigenvalue weighted by atomic mass is 16.6. The van der Waals surface area contributed by atoms with Gasteiger partial charge in [-0.1, -0.05) is 104 Å². The number of ether oxygens (including phenoxy) is 1. The van der Waals surface area contributed by atoms with Crippen LogP contribution in [0.3, 0.4) is 0 Å². The Labute approximate surface area is 182 Å². The molecule has 0 atom stereocenters.